The van der Waals surface area contributed by atoms with Crippen molar-refractivity contribution in [3.63, 3.8) is 0 Å². The standard InChI is InChI=1S/C14H25NO3/c16-14(17)13(12-4-2-1-3-5-12)6-7-15-8-10-18-11-9-15/h12-13H,1-11H2,(H,16,17). The second-order valence-electron chi connectivity index (χ2n) is 5.59. The summed E-state index contributed by atoms with van der Waals surface area (Å²) in [5.41, 5.74) is 0. The van der Waals surface area contributed by atoms with Crippen LogP contribution in [0.15, 0.2) is 0 Å². The zero-order chi connectivity index (χ0) is 12.8. The number of morpholine rings is 1. The van der Waals surface area contributed by atoms with E-state index in [1.54, 1.807) is 0 Å². The molecule has 2 fully saturated rings. The molecule has 0 amide bonds. The molecule has 0 aromatic rings. The van der Waals surface area contributed by atoms with Crippen molar-refractivity contribution < 1.29 is 14.6 Å². The van der Waals surface area contributed by atoms with E-state index in [2.05, 4.69) is 4.90 Å². The Bertz CT molecular complexity index is 258. The molecule has 2 aliphatic rings. The van der Waals surface area contributed by atoms with E-state index in [9.17, 15) is 9.90 Å². The second-order valence-corrected chi connectivity index (χ2v) is 5.59. The summed E-state index contributed by atoms with van der Waals surface area (Å²) < 4.78 is 5.31. The zero-order valence-electron chi connectivity index (χ0n) is 11.1. The van der Waals surface area contributed by atoms with Crippen LogP contribution in [0.3, 0.4) is 0 Å². The van der Waals surface area contributed by atoms with Gasteiger partial charge in [-0.05, 0) is 31.7 Å². The highest BCUT2D eigenvalue weighted by Crippen LogP contribution is 2.32. The molecule has 0 radical (unpaired) electrons. The van der Waals surface area contributed by atoms with Crippen LogP contribution >= 0.6 is 0 Å². The fourth-order valence-corrected chi connectivity index (χ4v) is 3.24. The summed E-state index contributed by atoms with van der Waals surface area (Å²) in [4.78, 5) is 13.8. The van der Waals surface area contributed by atoms with Crippen LogP contribution in [-0.2, 0) is 9.53 Å². The molecule has 0 bridgehead atoms. The van der Waals surface area contributed by atoms with Gasteiger partial charge in [0.05, 0.1) is 19.1 Å². The third-order valence-corrected chi connectivity index (χ3v) is 4.40. The number of nitrogens with zero attached hydrogens (tertiary/aromatic N) is 1. The molecule has 1 heterocycles. The van der Waals surface area contributed by atoms with E-state index < -0.39 is 5.97 Å². The molecule has 0 aromatic carbocycles. The molecule has 4 heteroatoms. The van der Waals surface area contributed by atoms with Crippen LogP contribution < -0.4 is 0 Å². The Morgan fingerprint density at radius 1 is 1.22 bits per heavy atom. The number of carboxylic acid groups (broad SMARTS) is 1. The van der Waals surface area contributed by atoms with Gasteiger partial charge in [0.1, 0.15) is 0 Å². The van der Waals surface area contributed by atoms with Gasteiger partial charge in [-0.15, -0.1) is 0 Å². The second kappa shape index (κ2) is 7.10. The molecule has 0 aromatic heterocycles. The number of aliphatic carboxylic acids is 1. The third-order valence-electron chi connectivity index (χ3n) is 4.40. The van der Waals surface area contributed by atoms with Crippen molar-refractivity contribution in [3.05, 3.63) is 0 Å². The monoisotopic (exact) mass is 255 g/mol. The van der Waals surface area contributed by atoms with Crippen LogP contribution in [0.25, 0.3) is 0 Å². The topological polar surface area (TPSA) is 49.8 Å². The molecule has 18 heavy (non-hydrogen) atoms. The van der Waals surface area contributed by atoms with Gasteiger partial charge in [0, 0.05) is 13.1 Å². The Hall–Kier alpha value is -0.610. The lowest BCUT2D eigenvalue weighted by Gasteiger charge is -2.31. The average molecular weight is 255 g/mol. The third kappa shape index (κ3) is 3.95. The number of rotatable bonds is 5. The minimum absolute atomic E-state index is 0.131. The maximum atomic E-state index is 11.4. The Labute approximate surface area is 109 Å². The van der Waals surface area contributed by atoms with Crippen molar-refractivity contribution in [3.8, 4) is 0 Å². The Balaban J connectivity index is 1.79. The summed E-state index contributed by atoms with van der Waals surface area (Å²) in [6.07, 6.45) is 6.74. The smallest absolute Gasteiger partial charge is 0.306 e. The molecule has 1 N–H and O–H groups in total. The van der Waals surface area contributed by atoms with Gasteiger partial charge in [-0.1, -0.05) is 19.3 Å². The molecular formula is C14H25NO3. The van der Waals surface area contributed by atoms with Crippen molar-refractivity contribution in [2.24, 2.45) is 11.8 Å². The highest BCUT2D eigenvalue weighted by molar-refractivity contribution is 5.70. The van der Waals surface area contributed by atoms with Crippen LogP contribution in [0.2, 0.25) is 0 Å². The first-order valence-electron chi connectivity index (χ1n) is 7.30. The lowest BCUT2D eigenvalue weighted by molar-refractivity contribution is -0.144. The summed E-state index contributed by atoms with van der Waals surface area (Å²) in [5, 5.41) is 9.41. The van der Waals surface area contributed by atoms with Crippen LogP contribution in [0, 0.1) is 11.8 Å². The molecule has 1 aliphatic heterocycles. The SMILES string of the molecule is O=C(O)C(CCN1CCOCC1)C1CCCCC1. The predicted octanol–water partition coefficient (Wildman–Crippen LogP) is 1.99. The van der Waals surface area contributed by atoms with Crippen LogP contribution in [0.5, 0.6) is 0 Å². The first-order chi connectivity index (χ1) is 8.77. The minimum atomic E-state index is -0.588. The molecule has 104 valence electrons. The van der Waals surface area contributed by atoms with Gasteiger partial charge >= 0.3 is 5.97 Å². The van der Waals surface area contributed by atoms with Crippen molar-refractivity contribution in [2.45, 2.75) is 38.5 Å². The minimum Gasteiger partial charge on any atom is -0.481 e. The van der Waals surface area contributed by atoms with Gasteiger partial charge < -0.3 is 9.84 Å². The molecular weight excluding hydrogens is 230 g/mol. The van der Waals surface area contributed by atoms with Crippen molar-refractivity contribution in [1.29, 1.82) is 0 Å². The van der Waals surface area contributed by atoms with Gasteiger partial charge in [0.15, 0.2) is 0 Å². The van der Waals surface area contributed by atoms with Crippen molar-refractivity contribution in [1.82, 2.24) is 4.90 Å². The molecule has 1 saturated carbocycles. The first-order valence-corrected chi connectivity index (χ1v) is 7.30. The van der Waals surface area contributed by atoms with Gasteiger partial charge in [0.25, 0.3) is 0 Å². The fraction of sp³-hybridized carbons (Fsp3) is 0.929. The molecule has 2 rings (SSSR count). The summed E-state index contributed by atoms with van der Waals surface area (Å²) in [6.45, 7) is 4.41. The van der Waals surface area contributed by atoms with E-state index in [0.29, 0.717) is 5.92 Å². The Morgan fingerprint density at radius 2 is 1.89 bits per heavy atom. The highest BCUT2D eigenvalue weighted by atomic mass is 16.5. The lowest BCUT2D eigenvalue weighted by Crippen LogP contribution is -2.39. The van der Waals surface area contributed by atoms with E-state index in [1.807, 2.05) is 0 Å². The number of hydrogen-bond acceptors (Lipinski definition) is 3. The summed E-state index contributed by atoms with van der Waals surface area (Å²) >= 11 is 0. The molecule has 1 aliphatic carbocycles. The largest absolute Gasteiger partial charge is 0.481 e. The van der Waals surface area contributed by atoms with Crippen molar-refractivity contribution >= 4 is 5.97 Å². The van der Waals surface area contributed by atoms with E-state index in [4.69, 9.17) is 4.74 Å². The van der Waals surface area contributed by atoms with Crippen LogP contribution in [0.1, 0.15) is 38.5 Å². The van der Waals surface area contributed by atoms with E-state index >= 15 is 0 Å². The van der Waals surface area contributed by atoms with Crippen LogP contribution in [-0.4, -0.2) is 48.8 Å². The summed E-state index contributed by atoms with van der Waals surface area (Å²) in [5.74, 6) is -0.305. The van der Waals surface area contributed by atoms with E-state index in [0.717, 1.165) is 52.1 Å². The number of hydrogen-bond donors (Lipinski definition) is 1. The van der Waals surface area contributed by atoms with Gasteiger partial charge in [-0.25, -0.2) is 0 Å². The van der Waals surface area contributed by atoms with Crippen LogP contribution in [0.4, 0.5) is 0 Å². The fourth-order valence-electron chi connectivity index (χ4n) is 3.24. The molecule has 1 unspecified atom stereocenters. The maximum Gasteiger partial charge on any atom is 0.306 e. The highest BCUT2D eigenvalue weighted by Gasteiger charge is 2.29. The molecule has 1 atom stereocenters. The predicted molar refractivity (Wildman–Crippen MR) is 69.6 cm³/mol. The van der Waals surface area contributed by atoms with E-state index in [-0.39, 0.29) is 5.92 Å². The molecule has 0 spiro atoms. The molecule has 1 saturated heterocycles. The number of ether oxygens (including phenoxy) is 1. The number of carboxylic acids is 1. The van der Waals surface area contributed by atoms with Crippen molar-refractivity contribution in [2.75, 3.05) is 32.8 Å². The normalized spacial score (nSPS) is 24.9. The molecule has 4 nitrogen and oxygen atoms in total. The maximum absolute atomic E-state index is 11.4. The van der Waals surface area contributed by atoms with Gasteiger partial charge in [0.2, 0.25) is 0 Å². The van der Waals surface area contributed by atoms with Gasteiger partial charge in [-0.2, -0.15) is 0 Å². The number of carbonyl (C=O) groups is 1. The van der Waals surface area contributed by atoms with E-state index in [1.165, 1.54) is 19.3 Å². The lowest BCUT2D eigenvalue weighted by atomic mass is 9.78. The quantitative estimate of drug-likeness (QED) is 0.816. The summed E-state index contributed by atoms with van der Waals surface area (Å²) in [7, 11) is 0. The Morgan fingerprint density at radius 3 is 2.50 bits per heavy atom. The zero-order valence-corrected chi connectivity index (χ0v) is 11.1. The first kappa shape index (κ1) is 13.8. The average Bonchev–Trinajstić information content (AvgIpc) is 2.41. The Kier molecular flexibility index (Phi) is 5.45. The van der Waals surface area contributed by atoms with Gasteiger partial charge in [-0.3, -0.25) is 9.69 Å². The summed E-state index contributed by atoms with van der Waals surface area (Å²) in [6, 6.07) is 0.